The van der Waals surface area contributed by atoms with Gasteiger partial charge in [0.15, 0.2) is 5.76 Å². The molecule has 1 aliphatic rings. The number of amides is 1. The third-order valence-electron chi connectivity index (χ3n) is 2.75. The van der Waals surface area contributed by atoms with Crippen LogP contribution >= 0.6 is 11.8 Å². The number of hydrogen-bond donors (Lipinski definition) is 1. The maximum absolute atomic E-state index is 11.8. The highest BCUT2D eigenvalue weighted by Crippen LogP contribution is 2.14. The highest BCUT2D eigenvalue weighted by molar-refractivity contribution is 7.97. The molecule has 0 aliphatic carbocycles. The van der Waals surface area contributed by atoms with Gasteiger partial charge < -0.3 is 14.5 Å². The van der Waals surface area contributed by atoms with Crippen LogP contribution in [0.15, 0.2) is 16.5 Å². The van der Waals surface area contributed by atoms with E-state index in [1.165, 1.54) is 0 Å². The van der Waals surface area contributed by atoms with Crippen molar-refractivity contribution in [2.75, 3.05) is 26.0 Å². The summed E-state index contributed by atoms with van der Waals surface area (Å²) in [5.41, 5.74) is 0. The molecule has 1 amide bonds. The molecule has 1 unspecified atom stereocenters. The van der Waals surface area contributed by atoms with Crippen LogP contribution in [-0.2, 0) is 10.5 Å². The minimum atomic E-state index is -0.135. The van der Waals surface area contributed by atoms with E-state index in [0.29, 0.717) is 18.2 Å². The quantitative estimate of drug-likeness (QED) is 0.873. The predicted molar refractivity (Wildman–Crippen MR) is 67.2 cm³/mol. The second-order valence-electron chi connectivity index (χ2n) is 4.14. The first kappa shape index (κ1) is 12.5. The van der Waals surface area contributed by atoms with Gasteiger partial charge in [-0.15, -0.1) is 0 Å². The number of carbonyl (C=O) groups is 1. The zero-order valence-electron chi connectivity index (χ0n) is 9.90. The summed E-state index contributed by atoms with van der Waals surface area (Å²) in [6.07, 6.45) is 3.03. The van der Waals surface area contributed by atoms with Crippen LogP contribution in [0.4, 0.5) is 0 Å². The fourth-order valence-corrected chi connectivity index (χ4v) is 2.23. The highest BCUT2D eigenvalue weighted by atomic mass is 32.2. The Hall–Kier alpha value is -0.940. The molecule has 4 nitrogen and oxygen atoms in total. The smallest absolute Gasteiger partial charge is 0.287 e. The molecule has 1 fully saturated rings. The van der Waals surface area contributed by atoms with Crippen molar-refractivity contribution >= 4 is 17.7 Å². The largest absolute Gasteiger partial charge is 0.455 e. The summed E-state index contributed by atoms with van der Waals surface area (Å²) >= 11 is 1.67. The van der Waals surface area contributed by atoms with Crippen molar-refractivity contribution in [2.45, 2.75) is 12.2 Å². The van der Waals surface area contributed by atoms with Gasteiger partial charge in [0, 0.05) is 19.1 Å². The van der Waals surface area contributed by atoms with Gasteiger partial charge in [-0.2, -0.15) is 11.8 Å². The maximum Gasteiger partial charge on any atom is 0.287 e. The van der Waals surface area contributed by atoms with E-state index in [0.717, 1.165) is 31.1 Å². The van der Waals surface area contributed by atoms with Crippen LogP contribution in [0.2, 0.25) is 0 Å². The molecule has 1 aromatic rings. The molecule has 0 spiro atoms. The Morgan fingerprint density at radius 3 is 3.18 bits per heavy atom. The Morgan fingerprint density at radius 2 is 2.47 bits per heavy atom. The number of rotatable bonds is 5. The van der Waals surface area contributed by atoms with E-state index in [2.05, 4.69) is 5.32 Å². The Kier molecular flexibility index (Phi) is 4.50. The van der Waals surface area contributed by atoms with Gasteiger partial charge in [0.25, 0.3) is 5.91 Å². The molecule has 1 aliphatic heterocycles. The molecule has 2 heterocycles. The second kappa shape index (κ2) is 6.12. The molecule has 0 bridgehead atoms. The maximum atomic E-state index is 11.8. The predicted octanol–water partition coefficient (Wildman–Crippen LogP) is 1.91. The Morgan fingerprint density at radius 1 is 1.59 bits per heavy atom. The molecule has 1 saturated heterocycles. The molecule has 17 heavy (non-hydrogen) atoms. The number of nitrogens with one attached hydrogen (secondary N) is 1. The standard InChI is InChI=1S/C12H17NO3S/c1-17-8-10-2-3-11(16-10)12(14)13-6-9-4-5-15-7-9/h2-3,9H,4-8H2,1H3,(H,13,14). The van der Waals surface area contributed by atoms with Gasteiger partial charge in [0.2, 0.25) is 0 Å². The Bertz CT molecular complexity index is 372. The van der Waals surface area contributed by atoms with Crippen molar-refractivity contribution in [2.24, 2.45) is 5.92 Å². The molecule has 0 aromatic carbocycles. The number of hydrogen-bond acceptors (Lipinski definition) is 4. The van der Waals surface area contributed by atoms with Gasteiger partial charge in [-0.25, -0.2) is 0 Å². The van der Waals surface area contributed by atoms with Crippen LogP contribution in [0, 0.1) is 5.92 Å². The van der Waals surface area contributed by atoms with E-state index in [-0.39, 0.29) is 5.91 Å². The van der Waals surface area contributed by atoms with Gasteiger partial charge in [-0.05, 0) is 24.8 Å². The first-order valence-electron chi connectivity index (χ1n) is 5.73. The zero-order valence-corrected chi connectivity index (χ0v) is 10.7. The normalized spacial score (nSPS) is 19.5. The minimum Gasteiger partial charge on any atom is -0.455 e. The van der Waals surface area contributed by atoms with Crippen LogP contribution in [0.25, 0.3) is 0 Å². The lowest BCUT2D eigenvalue weighted by atomic mass is 10.1. The number of carbonyl (C=O) groups excluding carboxylic acids is 1. The van der Waals surface area contributed by atoms with Crippen molar-refractivity contribution in [1.29, 1.82) is 0 Å². The van der Waals surface area contributed by atoms with Gasteiger partial charge in [0.1, 0.15) is 5.76 Å². The lowest BCUT2D eigenvalue weighted by molar-refractivity contribution is 0.0916. The highest BCUT2D eigenvalue weighted by Gasteiger charge is 2.18. The van der Waals surface area contributed by atoms with Gasteiger partial charge in [-0.3, -0.25) is 4.79 Å². The SMILES string of the molecule is CSCc1ccc(C(=O)NCC2CCOC2)o1. The van der Waals surface area contributed by atoms with Gasteiger partial charge in [0.05, 0.1) is 12.4 Å². The molecule has 0 saturated carbocycles. The Labute approximate surface area is 105 Å². The van der Waals surface area contributed by atoms with Crippen LogP contribution in [0.1, 0.15) is 22.7 Å². The summed E-state index contributed by atoms with van der Waals surface area (Å²) in [5.74, 6) is 2.34. The van der Waals surface area contributed by atoms with Crippen molar-refractivity contribution in [1.82, 2.24) is 5.32 Å². The zero-order chi connectivity index (χ0) is 12.1. The van der Waals surface area contributed by atoms with Crippen molar-refractivity contribution in [3.8, 4) is 0 Å². The molecule has 1 aromatic heterocycles. The Balaban J connectivity index is 1.81. The van der Waals surface area contributed by atoms with Crippen molar-refractivity contribution < 1.29 is 13.9 Å². The molecule has 5 heteroatoms. The topological polar surface area (TPSA) is 51.5 Å². The summed E-state index contributed by atoms with van der Waals surface area (Å²) in [4.78, 5) is 11.8. The average Bonchev–Trinajstić information content (AvgIpc) is 2.97. The van der Waals surface area contributed by atoms with Gasteiger partial charge in [-0.1, -0.05) is 0 Å². The fraction of sp³-hybridized carbons (Fsp3) is 0.583. The monoisotopic (exact) mass is 255 g/mol. The summed E-state index contributed by atoms with van der Waals surface area (Å²) in [6.45, 7) is 2.21. The summed E-state index contributed by atoms with van der Waals surface area (Å²) < 4.78 is 10.7. The molecule has 1 atom stereocenters. The van der Waals surface area contributed by atoms with Crippen molar-refractivity contribution in [3.63, 3.8) is 0 Å². The van der Waals surface area contributed by atoms with Crippen LogP contribution in [0.3, 0.4) is 0 Å². The number of thioether (sulfide) groups is 1. The van der Waals surface area contributed by atoms with Crippen LogP contribution in [-0.4, -0.2) is 31.9 Å². The van der Waals surface area contributed by atoms with E-state index in [9.17, 15) is 4.79 Å². The third kappa shape index (κ3) is 3.51. The summed E-state index contributed by atoms with van der Waals surface area (Å²) in [6, 6.07) is 3.58. The van der Waals surface area contributed by atoms with Crippen LogP contribution < -0.4 is 5.32 Å². The lowest BCUT2D eigenvalue weighted by Gasteiger charge is -2.07. The summed E-state index contributed by atoms with van der Waals surface area (Å²) in [7, 11) is 0. The van der Waals surface area contributed by atoms with E-state index < -0.39 is 0 Å². The second-order valence-corrected chi connectivity index (χ2v) is 5.00. The number of ether oxygens (including phenoxy) is 1. The van der Waals surface area contributed by atoms with E-state index >= 15 is 0 Å². The third-order valence-corrected chi connectivity index (χ3v) is 3.32. The van der Waals surface area contributed by atoms with Crippen LogP contribution in [0.5, 0.6) is 0 Å². The van der Waals surface area contributed by atoms with E-state index in [1.807, 2.05) is 12.3 Å². The molecule has 94 valence electrons. The minimum absolute atomic E-state index is 0.135. The van der Waals surface area contributed by atoms with E-state index in [1.54, 1.807) is 17.8 Å². The molecule has 2 rings (SSSR count). The molecule has 0 radical (unpaired) electrons. The first-order valence-corrected chi connectivity index (χ1v) is 7.12. The molecule has 1 N–H and O–H groups in total. The fourth-order valence-electron chi connectivity index (χ4n) is 1.79. The van der Waals surface area contributed by atoms with E-state index in [4.69, 9.17) is 9.15 Å². The number of furan rings is 1. The first-order chi connectivity index (χ1) is 8.29. The van der Waals surface area contributed by atoms with Gasteiger partial charge >= 0.3 is 0 Å². The molecular weight excluding hydrogens is 238 g/mol. The summed E-state index contributed by atoms with van der Waals surface area (Å²) in [5, 5.41) is 2.88. The molecular formula is C12H17NO3S. The van der Waals surface area contributed by atoms with Crippen molar-refractivity contribution in [3.05, 3.63) is 23.7 Å². The average molecular weight is 255 g/mol. The lowest BCUT2D eigenvalue weighted by Crippen LogP contribution is -2.29.